The van der Waals surface area contributed by atoms with Gasteiger partial charge in [0.2, 0.25) is 0 Å². The Morgan fingerprint density at radius 2 is 2.18 bits per heavy atom. The van der Waals surface area contributed by atoms with Gasteiger partial charge in [0, 0.05) is 7.11 Å². The van der Waals surface area contributed by atoms with E-state index in [0.29, 0.717) is 6.61 Å². The summed E-state index contributed by atoms with van der Waals surface area (Å²) in [6.45, 7) is 4.10. The first kappa shape index (κ1) is 10.6. The molecule has 11 heavy (non-hydrogen) atoms. The maximum absolute atomic E-state index is 8.99. The van der Waals surface area contributed by atoms with Gasteiger partial charge in [0.05, 0.1) is 6.61 Å². The van der Waals surface area contributed by atoms with Crippen molar-refractivity contribution in [3.8, 4) is 0 Å². The molecular weight excluding hydrogens is 148 g/mol. The molecule has 0 aromatic rings. The molecule has 0 spiro atoms. The van der Waals surface area contributed by atoms with Gasteiger partial charge in [-0.1, -0.05) is 6.08 Å². The Kier molecular flexibility index (Phi) is 7.39. The average Bonchev–Trinajstić information content (AvgIpc) is 1.99. The van der Waals surface area contributed by atoms with Crippen LogP contribution in [0.2, 0.25) is 0 Å². The van der Waals surface area contributed by atoms with E-state index in [2.05, 4.69) is 21.1 Å². The van der Waals surface area contributed by atoms with E-state index in [1.807, 2.05) is 0 Å². The monoisotopic (exact) mass is 162 g/mol. The summed E-state index contributed by atoms with van der Waals surface area (Å²) in [5.74, 6) is 0. The number of rotatable bonds is 7. The molecular formula is C7H14O4. The van der Waals surface area contributed by atoms with Crippen molar-refractivity contribution in [2.45, 2.75) is 6.10 Å². The summed E-state index contributed by atoms with van der Waals surface area (Å²) >= 11 is 0. The summed E-state index contributed by atoms with van der Waals surface area (Å²) in [5.41, 5.74) is 0. The Balaban J connectivity index is 3.03. The number of methoxy groups -OCH3 is 1. The van der Waals surface area contributed by atoms with E-state index in [9.17, 15) is 0 Å². The number of hydrogen-bond donors (Lipinski definition) is 1. The van der Waals surface area contributed by atoms with Crippen LogP contribution >= 0.6 is 0 Å². The summed E-state index contributed by atoms with van der Waals surface area (Å²) in [6, 6.07) is 0. The fourth-order valence-corrected chi connectivity index (χ4v) is 0.463. The molecule has 0 aromatic carbocycles. The minimum atomic E-state index is -0.634. The molecule has 0 aliphatic carbocycles. The Morgan fingerprint density at radius 3 is 2.73 bits per heavy atom. The highest BCUT2D eigenvalue weighted by Gasteiger charge is 2.02. The highest BCUT2D eigenvalue weighted by Crippen LogP contribution is 1.87. The summed E-state index contributed by atoms with van der Waals surface area (Å²) in [6.07, 6.45) is 0.924. The number of aliphatic hydroxyl groups is 1. The number of hydrogen-bond acceptors (Lipinski definition) is 4. The van der Waals surface area contributed by atoms with Crippen LogP contribution in [-0.2, 0) is 14.5 Å². The Labute approximate surface area is 66.3 Å². The fourth-order valence-electron chi connectivity index (χ4n) is 0.463. The second kappa shape index (κ2) is 7.68. The largest absolute Gasteiger partial charge is 0.388 e. The summed E-state index contributed by atoms with van der Waals surface area (Å²) in [4.78, 5) is 9.15. The first-order valence-electron chi connectivity index (χ1n) is 3.33. The normalized spacial score (nSPS) is 12.9. The second-order valence-electron chi connectivity index (χ2n) is 1.97. The summed E-state index contributed by atoms with van der Waals surface area (Å²) in [5, 5.41) is 8.99. The molecule has 66 valence electrons. The Bertz CT molecular complexity index is 94.4. The zero-order chi connectivity index (χ0) is 8.53. The molecule has 1 N–H and O–H groups in total. The van der Waals surface area contributed by atoms with Gasteiger partial charge in [-0.25, -0.2) is 9.78 Å². The molecule has 1 atom stereocenters. The quantitative estimate of drug-likeness (QED) is 0.250. The third-order valence-electron chi connectivity index (χ3n) is 0.889. The van der Waals surface area contributed by atoms with Crippen molar-refractivity contribution in [3.05, 3.63) is 12.7 Å². The molecule has 0 bridgehead atoms. The first-order chi connectivity index (χ1) is 5.31. The lowest BCUT2D eigenvalue weighted by Gasteiger charge is -2.07. The molecule has 4 heteroatoms. The van der Waals surface area contributed by atoms with Crippen molar-refractivity contribution in [2.75, 3.05) is 26.9 Å². The van der Waals surface area contributed by atoms with E-state index in [1.54, 1.807) is 6.08 Å². The van der Waals surface area contributed by atoms with E-state index < -0.39 is 6.10 Å². The lowest BCUT2D eigenvalue weighted by atomic mass is 10.4. The summed E-state index contributed by atoms with van der Waals surface area (Å²) in [7, 11) is 1.51. The van der Waals surface area contributed by atoms with Gasteiger partial charge in [-0.2, -0.15) is 0 Å². The lowest BCUT2D eigenvalue weighted by Crippen LogP contribution is -2.20. The molecule has 0 heterocycles. The maximum Gasteiger partial charge on any atom is 0.110 e. The Morgan fingerprint density at radius 1 is 1.45 bits per heavy atom. The van der Waals surface area contributed by atoms with Crippen molar-refractivity contribution in [1.82, 2.24) is 0 Å². The van der Waals surface area contributed by atoms with Crippen LogP contribution in [-0.4, -0.2) is 38.1 Å². The average molecular weight is 162 g/mol. The van der Waals surface area contributed by atoms with Crippen molar-refractivity contribution < 1.29 is 19.6 Å². The van der Waals surface area contributed by atoms with Crippen LogP contribution in [0.5, 0.6) is 0 Å². The van der Waals surface area contributed by atoms with Crippen LogP contribution in [0.3, 0.4) is 0 Å². The molecule has 0 saturated heterocycles. The lowest BCUT2D eigenvalue weighted by molar-refractivity contribution is -0.298. The molecule has 0 saturated carbocycles. The van der Waals surface area contributed by atoms with Gasteiger partial charge in [-0.05, 0) is 0 Å². The molecule has 0 amide bonds. The number of aliphatic hydroxyl groups excluding tert-OH is 1. The predicted molar refractivity (Wildman–Crippen MR) is 40.0 cm³/mol. The highest BCUT2D eigenvalue weighted by atomic mass is 17.2. The predicted octanol–water partition coefficient (Wildman–Crippen LogP) is 0.128. The van der Waals surface area contributed by atoms with Gasteiger partial charge in [0.1, 0.15) is 19.3 Å². The van der Waals surface area contributed by atoms with Crippen LogP contribution in [0.4, 0.5) is 0 Å². The number of ether oxygens (including phenoxy) is 1. The van der Waals surface area contributed by atoms with Gasteiger partial charge in [0.25, 0.3) is 0 Å². The van der Waals surface area contributed by atoms with Crippen molar-refractivity contribution in [3.63, 3.8) is 0 Å². The van der Waals surface area contributed by atoms with Crippen molar-refractivity contribution in [1.29, 1.82) is 0 Å². The molecule has 0 fully saturated rings. The fraction of sp³-hybridized carbons (Fsp3) is 0.714. The minimum absolute atomic E-state index is 0.113. The smallest absolute Gasteiger partial charge is 0.110 e. The van der Waals surface area contributed by atoms with Crippen LogP contribution in [0, 0.1) is 0 Å². The first-order valence-corrected chi connectivity index (χ1v) is 3.33. The van der Waals surface area contributed by atoms with Gasteiger partial charge >= 0.3 is 0 Å². The zero-order valence-corrected chi connectivity index (χ0v) is 6.66. The van der Waals surface area contributed by atoms with Crippen LogP contribution < -0.4 is 0 Å². The molecule has 1 unspecified atom stereocenters. The summed E-state index contributed by atoms with van der Waals surface area (Å²) < 4.78 is 4.65. The molecule has 0 aliphatic rings. The van der Waals surface area contributed by atoms with Crippen LogP contribution in [0.1, 0.15) is 0 Å². The van der Waals surface area contributed by atoms with Crippen LogP contribution in [0.15, 0.2) is 12.7 Å². The van der Waals surface area contributed by atoms with E-state index in [1.165, 1.54) is 7.11 Å². The standard InChI is InChI=1S/C7H14O4/c1-3-4-10-11-6-7(8)5-9-2/h3,7-8H,1,4-6H2,2H3. The van der Waals surface area contributed by atoms with E-state index in [4.69, 9.17) is 5.11 Å². The van der Waals surface area contributed by atoms with Crippen molar-refractivity contribution >= 4 is 0 Å². The minimum Gasteiger partial charge on any atom is -0.388 e. The zero-order valence-electron chi connectivity index (χ0n) is 6.66. The SMILES string of the molecule is C=CCOOCC(O)COC. The molecule has 0 rings (SSSR count). The third-order valence-corrected chi connectivity index (χ3v) is 0.889. The highest BCUT2D eigenvalue weighted by molar-refractivity contribution is 4.62. The molecule has 0 aliphatic heterocycles. The van der Waals surface area contributed by atoms with E-state index in [-0.39, 0.29) is 13.2 Å². The Hall–Kier alpha value is -0.420. The molecule has 4 nitrogen and oxygen atoms in total. The van der Waals surface area contributed by atoms with Crippen molar-refractivity contribution in [2.24, 2.45) is 0 Å². The molecule has 0 radical (unpaired) electrons. The second-order valence-corrected chi connectivity index (χ2v) is 1.97. The van der Waals surface area contributed by atoms with Gasteiger partial charge in [0.15, 0.2) is 0 Å². The topological polar surface area (TPSA) is 47.9 Å². The molecule has 0 aromatic heterocycles. The van der Waals surface area contributed by atoms with Gasteiger partial charge < -0.3 is 9.84 Å². The van der Waals surface area contributed by atoms with Gasteiger partial charge in [-0.15, -0.1) is 6.58 Å². The van der Waals surface area contributed by atoms with Gasteiger partial charge in [-0.3, -0.25) is 0 Å². The van der Waals surface area contributed by atoms with E-state index in [0.717, 1.165) is 0 Å². The van der Waals surface area contributed by atoms with E-state index >= 15 is 0 Å². The maximum atomic E-state index is 8.99. The third kappa shape index (κ3) is 7.48. The van der Waals surface area contributed by atoms with Crippen LogP contribution in [0.25, 0.3) is 0 Å².